The van der Waals surface area contributed by atoms with Crippen LogP contribution < -0.4 is 0 Å². The molecule has 1 N–H and O–H groups in total. The number of hydrogen-bond donors (Lipinski definition) is 1. The molecule has 0 fully saturated rings. The lowest BCUT2D eigenvalue weighted by Gasteiger charge is -2.32. The maximum atomic E-state index is 10.7. The van der Waals surface area contributed by atoms with Crippen LogP contribution in [0.3, 0.4) is 0 Å². The van der Waals surface area contributed by atoms with Gasteiger partial charge in [-0.3, -0.25) is 14.3 Å². The third-order valence-corrected chi connectivity index (χ3v) is 5.81. The van der Waals surface area contributed by atoms with E-state index in [0.29, 0.717) is 11.7 Å². The number of nitrogens with zero attached hydrogens (tertiary/aromatic N) is 5. The molecule has 6 heteroatoms. The van der Waals surface area contributed by atoms with Gasteiger partial charge in [0.2, 0.25) is 0 Å². The zero-order chi connectivity index (χ0) is 17.7. The zero-order valence-electron chi connectivity index (χ0n) is 14.9. The van der Waals surface area contributed by atoms with E-state index < -0.39 is 6.10 Å². The number of aliphatic hydroxyl groups is 1. The SMILES string of the molecule is Cn1nccc1[C@@H](O)c1cc2n(n1)CCN(C1Cc3ccccc3C1)C2. The molecule has 1 aliphatic heterocycles. The molecule has 6 nitrogen and oxygen atoms in total. The van der Waals surface area contributed by atoms with E-state index >= 15 is 0 Å². The second kappa shape index (κ2) is 6.07. The highest BCUT2D eigenvalue weighted by Crippen LogP contribution is 2.29. The minimum atomic E-state index is -0.732. The van der Waals surface area contributed by atoms with E-state index in [0.717, 1.165) is 38.2 Å². The van der Waals surface area contributed by atoms with Crippen molar-refractivity contribution in [2.24, 2.45) is 7.05 Å². The van der Waals surface area contributed by atoms with Crippen LogP contribution in [0.2, 0.25) is 0 Å². The Labute approximate surface area is 152 Å². The number of fused-ring (bicyclic) bond motifs is 2. The molecule has 5 rings (SSSR count). The molecule has 26 heavy (non-hydrogen) atoms. The highest BCUT2D eigenvalue weighted by Gasteiger charge is 2.30. The van der Waals surface area contributed by atoms with Crippen molar-refractivity contribution in [2.75, 3.05) is 6.54 Å². The quantitative estimate of drug-likeness (QED) is 0.782. The predicted molar refractivity (Wildman–Crippen MR) is 97.5 cm³/mol. The fourth-order valence-corrected chi connectivity index (χ4v) is 4.35. The standard InChI is InChI=1S/C20H23N5O/c1-23-19(6-7-21-23)20(26)18-12-17-13-24(8-9-25(17)22-18)16-10-14-4-2-3-5-15(14)11-16/h2-7,12,16,20,26H,8-11,13H2,1H3/t20-/m0/s1. The molecule has 3 aromatic rings. The molecule has 0 saturated carbocycles. The molecule has 1 atom stereocenters. The first-order valence-corrected chi connectivity index (χ1v) is 9.22. The van der Waals surface area contributed by atoms with Crippen LogP contribution in [-0.2, 0) is 33.0 Å². The van der Waals surface area contributed by atoms with Crippen LogP contribution >= 0.6 is 0 Å². The van der Waals surface area contributed by atoms with Crippen LogP contribution in [0.25, 0.3) is 0 Å². The number of hydrogen-bond acceptors (Lipinski definition) is 4. The highest BCUT2D eigenvalue weighted by molar-refractivity contribution is 5.33. The van der Waals surface area contributed by atoms with Gasteiger partial charge in [0.1, 0.15) is 6.10 Å². The van der Waals surface area contributed by atoms with Gasteiger partial charge >= 0.3 is 0 Å². The van der Waals surface area contributed by atoms with Crippen LogP contribution in [0.5, 0.6) is 0 Å². The summed E-state index contributed by atoms with van der Waals surface area (Å²) in [6.45, 7) is 2.78. The van der Waals surface area contributed by atoms with Gasteiger partial charge in [0.25, 0.3) is 0 Å². The first kappa shape index (κ1) is 15.8. The van der Waals surface area contributed by atoms with Crippen molar-refractivity contribution in [3.63, 3.8) is 0 Å². The fraction of sp³-hybridized carbons (Fsp3) is 0.400. The molecule has 1 aliphatic carbocycles. The maximum Gasteiger partial charge on any atom is 0.139 e. The highest BCUT2D eigenvalue weighted by atomic mass is 16.3. The van der Waals surface area contributed by atoms with Gasteiger partial charge in [-0.15, -0.1) is 0 Å². The van der Waals surface area contributed by atoms with Gasteiger partial charge in [-0.2, -0.15) is 10.2 Å². The van der Waals surface area contributed by atoms with Crippen molar-refractivity contribution >= 4 is 0 Å². The van der Waals surface area contributed by atoms with E-state index in [9.17, 15) is 5.11 Å². The normalized spacial score (nSPS) is 18.7. The zero-order valence-corrected chi connectivity index (χ0v) is 14.9. The van der Waals surface area contributed by atoms with E-state index in [1.165, 1.54) is 16.8 Å². The molecule has 0 spiro atoms. The maximum absolute atomic E-state index is 10.7. The van der Waals surface area contributed by atoms with Crippen molar-refractivity contribution in [3.05, 3.63) is 70.8 Å². The summed E-state index contributed by atoms with van der Waals surface area (Å²) in [6, 6.07) is 13.2. The predicted octanol–water partition coefficient (Wildman–Crippen LogP) is 1.68. The summed E-state index contributed by atoms with van der Waals surface area (Å²) in [5, 5.41) is 19.4. The molecule has 0 saturated heterocycles. The molecule has 2 aromatic heterocycles. The molecule has 3 heterocycles. The largest absolute Gasteiger partial charge is 0.380 e. The van der Waals surface area contributed by atoms with Crippen molar-refractivity contribution in [1.29, 1.82) is 0 Å². The summed E-state index contributed by atoms with van der Waals surface area (Å²) in [4.78, 5) is 2.57. The Morgan fingerprint density at radius 2 is 1.88 bits per heavy atom. The van der Waals surface area contributed by atoms with Crippen molar-refractivity contribution < 1.29 is 5.11 Å². The molecule has 1 aromatic carbocycles. The lowest BCUT2D eigenvalue weighted by atomic mass is 10.1. The topological polar surface area (TPSA) is 59.1 Å². The van der Waals surface area contributed by atoms with E-state index in [-0.39, 0.29) is 0 Å². The van der Waals surface area contributed by atoms with Crippen LogP contribution in [-0.4, -0.2) is 42.2 Å². The first-order valence-electron chi connectivity index (χ1n) is 9.22. The van der Waals surface area contributed by atoms with Crippen molar-refractivity contribution in [1.82, 2.24) is 24.5 Å². The molecule has 2 aliphatic rings. The molecule has 0 bridgehead atoms. The number of benzene rings is 1. The molecule has 0 amide bonds. The Morgan fingerprint density at radius 1 is 1.12 bits per heavy atom. The number of aryl methyl sites for hydroxylation is 1. The second-order valence-corrected chi connectivity index (χ2v) is 7.37. The van der Waals surface area contributed by atoms with Gasteiger partial charge in [-0.25, -0.2) is 0 Å². The molecule has 0 radical (unpaired) electrons. The van der Waals surface area contributed by atoms with Gasteiger partial charge in [0.15, 0.2) is 0 Å². The average molecular weight is 349 g/mol. The summed E-state index contributed by atoms with van der Waals surface area (Å²) in [7, 11) is 1.84. The number of aliphatic hydroxyl groups excluding tert-OH is 1. The summed E-state index contributed by atoms with van der Waals surface area (Å²) >= 11 is 0. The average Bonchev–Trinajstić information content (AvgIpc) is 3.37. The molecule has 0 unspecified atom stereocenters. The van der Waals surface area contributed by atoms with E-state index in [4.69, 9.17) is 0 Å². The Balaban J connectivity index is 1.34. The van der Waals surface area contributed by atoms with Crippen LogP contribution in [0.4, 0.5) is 0 Å². The van der Waals surface area contributed by atoms with E-state index in [1.807, 2.05) is 23.9 Å². The Kier molecular flexibility index (Phi) is 3.69. The van der Waals surface area contributed by atoms with Crippen molar-refractivity contribution in [2.45, 2.75) is 38.1 Å². The molecular formula is C20H23N5O. The van der Waals surface area contributed by atoms with Crippen LogP contribution in [0, 0.1) is 0 Å². The minimum Gasteiger partial charge on any atom is -0.380 e. The number of rotatable bonds is 3. The smallest absolute Gasteiger partial charge is 0.139 e. The third-order valence-electron chi connectivity index (χ3n) is 5.81. The second-order valence-electron chi connectivity index (χ2n) is 7.37. The monoisotopic (exact) mass is 349 g/mol. The lowest BCUT2D eigenvalue weighted by molar-refractivity contribution is 0.154. The van der Waals surface area contributed by atoms with E-state index in [1.54, 1.807) is 10.9 Å². The van der Waals surface area contributed by atoms with Gasteiger partial charge in [-0.05, 0) is 36.1 Å². The van der Waals surface area contributed by atoms with Crippen LogP contribution in [0.15, 0.2) is 42.6 Å². The molecular weight excluding hydrogens is 326 g/mol. The van der Waals surface area contributed by atoms with Gasteiger partial charge in [-0.1, -0.05) is 24.3 Å². The lowest BCUT2D eigenvalue weighted by Crippen LogP contribution is -2.41. The summed E-state index contributed by atoms with van der Waals surface area (Å²) in [6.07, 6.45) is 3.24. The summed E-state index contributed by atoms with van der Waals surface area (Å²) < 4.78 is 3.75. The Hall–Kier alpha value is -2.44. The van der Waals surface area contributed by atoms with E-state index in [2.05, 4.69) is 39.4 Å². The first-order chi connectivity index (χ1) is 12.7. The summed E-state index contributed by atoms with van der Waals surface area (Å²) in [5.41, 5.74) is 5.64. The van der Waals surface area contributed by atoms with Crippen LogP contribution in [0.1, 0.15) is 34.3 Å². The third kappa shape index (κ3) is 2.57. The minimum absolute atomic E-state index is 0.571. The van der Waals surface area contributed by atoms with Gasteiger partial charge in [0, 0.05) is 32.4 Å². The fourth-order valence-electron chi connectivity index (χ4n) is 4.35. The Bertz CT molecular complexity index is 918. The Morgan fingerprint density at radius 3 is 2.58 bits per heavy atom. The van der Waals surface area contributed by atoms with Gasteiger partial charge < -0.3 is 5.11 Å². The summed E-state index contributed by atoms with van der Waals surface area (Å²) in [5.74, 6) is 0. The molecule has 134 valence electrons. The van der Waals surface area contributed by atoms with Crippen molar-refractivity contribution in [3.8, 4) is 0 Å². The van der Waals surface area contributed by atoms with Gasteiger partial charge in [0.05, 0.1) is 23.6 Å². The number of aromatic nitrogens is 4.